The van der Waals surface area contributed by atoms with Crippen LogP contribution in [0.15, 0.2) is 23.3 Å². The minimum absolute atomic E-state index is 0.206. The molecule has 0 radical (unpaired) electrons. The maximum absolute atomic E-state index is 13.0. The van der Waals surface area contributed by atoms with Crippen molar-refractivity contribution in [3.63, 3.8) is 0 Å². The number of nitrogens with zero attached hydrogens (tertiary/aromatic N) is 3. The molecule has 0 saturated heterocycles. The molecule has 1 heterocycles. The van der Waals surface area contributed by atoms with Crippen molar-refractivity contribution in [2.45, 2.75) is 19.4 Å². The fourth-order valence-electron chi connectivity index (χ4n) is 1.74. The topological polar surface area (TPSA) is 64.5 Å². The van der Waals surface area contributed by atoms with Crippen LogP contribution in [0, 0.1) is 11.6 Å². The summed E-state index contributed by atoms with van der Waals surface area (Å²) in [7, 11) is 0. The molecule has 0 saturated carbocycles. The Morgan fingerprint density at radius 1 is 1.35 bits per heavy atom. The first kappa shape index (κ1) is 11.4. The van der Waals surface area contributed by atoms with Crippen molar-refractivity contribution in [1.29, 1.82) is 0 Å². The molecule has 88 valence electrons. The van der Waals surface area contributed by atoms with Gasteiger partial charge in [-0.15, -0.1) is 0 Å². The molecular formula is C11H10F2N4. The molecule has 2 rings (SSSR count). The predicted molar refractivity (Wildman–Crippen MR) is 60.5 cm³/mol. The Bertz CT molecular complexity index is 560. The first-order valence-electron chi connectivity index (χ1n) is 5.11. The predicted octanol–water partition coefficient (Wildman–Crippen LogP) is 3.69. The number of rotatable bonds is 3. The normalized spacial score (nSPS) is 12.4. The molecule has 1 aromatic carbocycles. The van der Waals surface area contributed by atoms with Gasteiger partial charge in [0, 0.05) is 33.6 Å². The van der Waals surface area contributed by atoms with Gasteiger partial charge in [-0.25, -0.2) is 8.78 Å². The molecule has 6 heteroatoms. The second kappa shape index (κ2) is 4.43. The van der Waals surface area contributed by atoms with Gasteiger partial charge < -0.3 is 4.98 Å². The maximum atomic E-state index is 13.0. The summed E-state index contributed by atoms with van der Waals surface area (Å²) < 4.78 is 26.0. The maximum Gasteiger partial charge on any atom is 0.160 e. The lowest BCUT2D eigenvalue weighted by Crippen LogP contribution is -2.01. The van der Waals surface area contributed by atoms with Gasteiger partial charge in [0.2, 0.25) is 0 Å². The Morgan fingerprint density at radius 3 is 2.76 bits per heavy atom. The van der Waals surface area contributed by atoms with Crippen molar-refractivity contribution < 1.29 is 8.78 Å². The monoisotopic (exact) mass is 236 g/mol. The van der Waals surface area contributed by atoms with Gasteiger partial charge in [0.25, 0.3) is 0 Å². The van der Waals surface area contributed by atoms with Crippen molar-refractivity contribution in [2.24, 2.45) is 5.11 Å². The molecule has 1 atom stereocenters. The highest BCUT2D eigenvalue weighted by Crippen LogP contribution is 2.20. The lowest BCUT2D eigenvalue weighted by Gasteiger charge is -2.00. The fraction of sp³-hybridized carbons (Fsp3) is 0.273. The first-order valence-corrected chi connectivity index (χ1v) is 5.11. The highest BCUT2D eigenvalue weighted by molar-refractivity contribution is 5.80. The van der Waals surface area contributed by atoms with Crippen LogP contribution in [0.4, 0.5) is 8.78 Å². The van der Waals surface area contributed by atoms with Crippen molar-refractivity contribution in [1.82, 2.24) is 4.98 Å². The van der Waals surface area contributed by atoms with Gasteiger partial charge in [-0.05, 0) is 24.1 Å². The van der Waals surface area contributed by atoms with Gasteiger partial charge in [-0.2, -0.15) is 0 Å². The zero-order chi connectivity index (χ0) is 12.4. The fourth-order valence-corrected chi connectivity index (χ4v) is 1.74. The average molecular weight is 236 g/mol. The largest absolute Gasteiger partial charge is 0.358 e. The molecule has 1 N–H and O–H groups in total. The Balaban J connectivity index is 2.34. The van der Waals surface area contributed by atoms with Gasteiger partial charge >= 0.3 is 0 Å². The van der Waals surface area contributed by atoms with E-state index in [2.05, 4.69) is 15.0 Å². The minimum atomic E-state index is -0.881. The van der Waals surface area contributed by atoms with Gasteiger partial charge in [-0.3, -0.25) is 0 Å². The lowest BCUT2D eigenvalue weighted by atomic mass is 10.2. The van der Waals surface area contributed by atoms with Crippen LogP contribution in [0.2, 0.25) is 0 Å². The molecule has 4 nitrogen and oxygen atoms in total. The van der Waals surface area contributed by atoms with Gasteiger partial charge in [-0.1, -0.05) is 12.0 Å². The van der Waals surface area contributed by atoms with E-state index in [1.54, 1.807) is 13.0 Å². The number of azide groups is 1. The minimum Gasteiger partial charge on any atom is -0.358 e. The number of halogens is 2. The Morgan fingerprint density at radius 2 is 2.06 bits per heavy atom. The van der Waals surface area contributed by atoms with E-state index in [0.29, 0.717) is 17.3 Å². The van der Waals surface area contributed by atoms with E-state index < -0.39 is 11.6 Å². The van der Waals surface area contributed by atoms with Gasteiger partial charge in [0.05, 0.1) is 0 Å². The Kier molecular flexibility index (Phi) is 2.97. The van der Waals surface area contributed by atoms with Crippen LogP contribution < -0.4 is 0 Å². The Hall–Kier alpha value is -2.07. The molecular weight excluding hydrogens is 226 g/mol. The molecule has 0 spiro atoms. The van der Waals surface area contributed by atoms with Crippen LogP contribution in [0.3, 0.4) is 0 Å². The molecule has 0 amide bonds. The molecule has 0 aliphatic carbocycles. The molecule has 0 aliphatic rings. The zero-order valence-corrected chi connectivity index (χ0v) is 9.11. The second-order valence-electron chi connectivity index (χ2n) is 3.91. The van der Waals surface area contributed by atoms with Crippen molar-refractivity contribution in [3.05, 3.63) is 46.0 Å². The van der Waals surface area contributed by atoms with Crippen molar-refractivity contribution in [3.8, 4) is 0 Å². The number of fused-ring (bicyclic) bond motifs is 1. The number of hydrogen-bond donors (Lipinski definition) is 1. The molecule has 0 bridgehead atoms. The number of aromatic nitrogens is 1. The van der Waals surface area contributed by atoms with E-state index in [-0.39, 0.29) is 6.04 Å². The van der Waals surface area contributed by atoms with E-state index in [1.807, 2.05) is 0 Å². The smallest absolute Gasteiger partial charge is 0.160 e. The number of H-pyrrole nitrogens is 1. The molecule has 0 fully saturated rings. The average Bonchev–Trinajstić information content (AvgIpc) is 2.60. The van der Waals surface area contributed by atoms with Crippen LogP contribution in [0.25, 0.3) is 21.3 Å². The van der Waals surface area contributed by atoms with Crippen LogP contribution in [0.1, 0.15) is 12.6 Å². The summed E-state index contributed by atoms with van der Waals surface area (Å²) in [5.74, 6) is -1.75. The van der Waals surface area contributed by atoms with Crippen LogP contribution in [-0.4, -0.2) is 11.0 Å². The summed E-state index contributed by atoms with van der Waals surface area (Å²) in [6.07, 6.45) is 0.502. The first-order chi connectivity index (χ1) is 8.10. The van der Waals surface area contributed by atoms with Crippen LogP contribution in [-0.2, 0) is 6.42 Å². The van der Waals surface area contributed by atoms with E-state index in [0.717, 1.165) is 17.8 Å². The van der Waals surface area contributed by atoms with E-state index in [9.17, 15) is 8.78 Å². The van der Waals surface area contributed by atoms with Gasteiger partial charge in [0.15, 0.2) is 11.6 Å². The number of aromatic amines is 1. The van der Waals surface area contributed by atoms with Gasteiger partial charge in [0.1, 0.15) is 0 Å². The summed E-state index contributed by atoms with van der Waals surface area (Å²) in [5.41, 5.74) is 9.59. The van der Waals surface area contributed by atoms with Crippen molar-refractivity contribution >= 4 is 10.9 Å². The summed E-state index contributed by atoms with van der Waals surface area (Å²) >= 11 is 0. The third kappa shape index (κ3) is 2.37. The molecule has 0 aliphatic heterocycles. The third-order valence-electron chi connectivity index (χ3n) is 2.48. The highest BCUT2D eigenvalue weighted by atomic mass is 19.2. The molecule has 2 aromatic rings. The highest BCUT2D eigenvalue weighted by Gasteiger charge is 2.08. The molecule has 1 aromatic heterocycles. The number of benzene rings is 1. The third-order valence-corrected chi connectivity index (χ3v) is 2.48. The summed E-state index contributed by atoms with van der Waals surface area (Å²) in [5, 5.41) is 4.14. The SMILES string of the molecule is CC(Cc1cc2cc(F)c(F)cc2[nH]1)N=[N+]=[N-]. The summed E-state index contributed by atoms with van der Waals surface area (Å²) in [6, 6.07) is 3.78. The van der Waals surface area contributed by atoms with E-state index >= 15 is 0 Å². The lowest BCUT2D eigenvalue weighted by molar-refractivity contribution is 0.511. The molecule has 1 unspecified atom stereocenters. The zero-order valence-electron chi connectivity index (χ0n) is 9.11. The number of nitrogens with one attached hydrogen (secondary N) is 1. The summed E-state index contributed by atoms with van der Waals surface area (Å²) in [4.78, 5) is 5.67. The van der Waals surface area contributed by atoms with E-state index in [4.69, 9.17) is 5.53 Å². The van der Waals surface area contributed by atoms with Crippen LogP contribution >= 0.6 is 0 Å². The molecule has 17 heavy (non-hydrogen) atoms. The number of hydrogen-bond acceptors (Lipinski definition) is 1. The summed E-state index contributed by atoms with van der Waals surface area (Å²) in [6.45, 7) is 1.77. The van der Waals surface area contributed by atoms with E-state index in [1.165, 1.54) is 0 Å². The quantitative estimate of drug-likeness (QED) is 0.480. The Labute approximate surface area is 95.9 Å². The standard InChI is InChI=1S/C11H10F2N4/c1-6(16-17-14)2-8-3-7-4-9(12)10(13)5-11(7)15-8/h3-6,15H,2H2,1H3. The second-order valence-corrected chi connectivity index (χ2v) is 3.91. The van der Waals surface area contributed by atoms with Crippen molar-refractivity contribution in [2.75, 3.05) is 0 Å². The van der Waals surface area contributed by atoms with Crippen LogP contribution in [0.5, 0.6) is 0 Å².